The van der Waals surface area contributed by atoms with Gasteiger partial charge in [-0.25, -0.2) is 0 Å². The Morgan fingerprint density at radius 3 is 2.59 bits per heavy atom. The van der Waals surface area contributed by atoms with E-state index in [0.29, 0.717) is 15.4 Å². The van der Waals surface area contributed by atoms with Gasteiger partial charge >= 0.3 is 0 Å². The summed E-state index contributed by atoms with van der Waals surface area (Å²) < 4.78 is 0.617. The number of rotatable bonds is 2. The van der Waals surface area contributed by atoms with Crippen molar-refractivity contribution in [3.63, 3.8) is 0 Å². The van der Waals surface area contributed by atoms with Crippen LogP contribution in [0.1, 0.15) is 43.7 Å². The fourth-order valence-corrected chi connectivity index (χ4v) is 3.42. The fourth-order valence-electron chi connectivity index (χ4n) is 2.59. The summed E-state index contributed by atoms with van der Waals surface area (Å²) in [7, 11) is 0. The van der Waals surface area contributed by atoms with Gasteiger partial charge in [-0.15, -0.1) is 0 Å². The van der Waals surface area contributed by atoms with Gasteiger partial charge < -0.3 is 10.8 Å². The molecule has 0 radical (unpaired) electrons. The molecule has 17 heavy (non-hydrogen) atoms. The Morgan fingerprint density at radius 2 is 1.94 bits per heavy atom. The Bertz CT molecular complexity index is 405. The van der Waals surface area contributed by atoms with Crippen LogP contribution >= 0.6 is 27.5 Å². The molecule has 1 fully saturated rings. The topological polar surface area (TPSA) is 46.2 Å². The van der Waals surface area contributed by atoms with Gasteiger partial charge in [0.05, 0.1) is 4.47 Å². The number of benzene rings is 1. The number of nitrogens with two attached hydrogens (primary N) is 1. The predicted octanol–water partition coefficient (Wildman–Crippen LogP) is 4.39. The minimum atomic E-state index is -0.120. The molecule has 0 aliphatic heterocycles. The third-order valence-electron chi connectivity index (χ3n) is 3.57. The second kappa shape index (κ2) is 5.59. The van der Waals surface area contributed by atoms with Crippen LogP contribution in [0.25, 0.3) is 0 Å². The van der Waals surface area contributed by atoms with Gasteiger partial charge in [0.15, 0.2) is 0 Å². The van der Waals surface area contributed by atoms with E-state index in [9.17, 15) is 5.11 Å². The molecule has 0 unspecified atom stereocenters. The van der Waals surface area contributed by atoms with E-state index in [4.69, 9.17) is 17.3 Å². The van der Waals surface area contributed by atoms with Crippen LogP contribution in [0.5, 0.6) is 5.75 Å². The highest BCUT2D eigenvalue weighted by Crippen LogP contribution is 2.40. The molecule has 1 aromatic carbocycles. The van der Waals surface area contributed by atoms with E-state index in [1.54, 1.807) is 12.1 Å². The van der Waals surface area contributed by atoms with Crippen LogP contribution in [0.4, 0.5) is 0 Å². The average Bonchev–Trinajstić information content (AvgIpc) is 2.34. The fraction of sp³-hybridized carbons (Fsp3) is 0.538. The Labute approximate surface area is 115 Å². The number of hydrogen-bond donors (Lipinski definition) is 2. The van der Waals surface area contributed by atoms with Crippen molar-refractivity contribution in [1.82, 2.24) is 0 Å². The maximum absolute atomic E-state index is 10.0. The number of phenolic OH excluding ortho intramolecular Hbond substituents is 1. The molecule has 0 amide bonds. The Hall–Kier alpha value is -0.250. The van der Waals surface area contributed by atoms with Crippen molar-refractivity contribution in [3.05, 3.63) is 27.2 Å². The van der Waals surface area contributed by atoms with E-state index in [0.717, 1.165) is 18.4 Å². The molecule has 1 saturated carbocycles. The highest BCUT2D eigenvalue weighted by atomic mass is 79.9. The molecule has 0 aromatic heterocycles. The number of halogens is 2. The molecular formula is C13H17BrClNO. The Morgan fingerprint density at radius 1 is 1.29 bits per heavy atom. The van der Waals surface area contributed by atoms with E-state index in [2.05, 4.69) is 15.9 Å². The summed E-state index contributed by atoms with van der Waals surface area (Å²) in [6.07, 6.45) is 6.06. The van der Waals surface area contributed by atoms with Crippen LogP contribution in [0, 0.1) is 5.92 Å². The first-order valence-corrected chi connectivity index (χ1v) is 7.20. The summed E-state index contributed by atoms with van der Waals surface area (Å²) >= 11 is 9.31. The molecule has 0 spiro atoms. The van der Waals surface area contributed by atoms with E-state index >= 15 is 0 Å². The first kappa shape index (κ1) is 13.2. The van der Waals surface area contributed by atoms with Gasteiger partial charge in [0, 0.05) is 16.6 Å². The molecule has 1 aliphatic rings. The summed E-state index contributed by atoms with van der Waals surface area (Å²) in [4.78, 5) is 0. The van der Waals surface area contributed by atoms with Gasteiger partial charge in [-0.2, -0.15) is 0 Å². The lowest BCUT2D eigenvalue weighted by atomic mass is 9.81. The zero-order chi connectivity index (χ0) is 12.4. The zero-order valence-electron chi connectivity index (χ0n) is 9.63. The third kappa shape index (κ3) is 2.95. The quantitative estimate of drug-likeness (QED) is 0.849. The Balaban J connectivity index is 2.26. The van der Waals surface area contributed by atoms with Crippen molar-refractivity contribution in [2.45, 2.75) is 38.1 Å². The van der Waals surface area contributed by atoms with Gasteiger partial charge in [-0.05, 0) is 46.8 Å². The second-order valence-corrected chi connectivity index (χ2v) is 6.04. The van der Waals surface area contributed by atoms with E-state index in [1.165, 1.54) is 19.3 Å². The number of phenols is 1. The molecular weight excluding hydrogens is 302 g/mol. The summed E-state index contributed by atoms with van der Waals surface area (Å²) in [5, 5.41) is 10.6. The third-order valence-corrected chi connectivity index (χ3v) is 4.40. The van der Waals surface area contributed by atoms with Gasteiger partial charge in [-0.1, -0.05) is 30.9 Å². The van der Waals surface area contributed by atoms with Crippen LogP contribution in [-0.4, -0.2) is 5.11 Å². The van der Waals surface area contributed by atoms with E-state index in [-0.39, 0.29) is 11.8 Å². The van der Waals surface area contributed by atoms with Crippen molar-refractivity contribution in [2.24, 2.45) is 11.7 Å². The van der Waals surface area contributed by atoms with Gasteiger partial charge in [0.2, 0.25) is 0 Å². The summed E-state index contributed by atoms with van der Waals surface area (Å²) in [5.74, 6) is 0.687. The smallest absolute Gasteiger partial charge is 0.134 e. The van der Waals surface area contributed by atoms with Crippen molar-refractivity contribution >= 4 is 27.5 Å². The van der Waals surface area contributed by atoms with E-state index in [1.807, 2.05) is 0 Å². The van der Waals surface area contributed by atoms with E-state index < -0.39 is 0 Å². The van der Waals surface area contributed by atoms with Crippen LogP contribution in [0.2, 0.25) is 5.02 Å². The summed E-state index contributed by atoms with van der Waals surface area (Å²) in [6, 6.07) is 3.35. The molecule has 0 bridgehead atoms. The second-order valence-electron chi connectivity index (χ2n) is 4.75. The molecule has 1 atom stereocenters. The van der Waals surface area contributed by atoms with Crippen LogP contribution in [0.15, 0.2) is 16.6 Å². The largest absolute Gasteiger partial charge is 0.506 e. The molecule has 1 aromatic rings. The highest BCUT2D eigenvalue weighted by Gasteiger charge is 2.24. The monoisotopic (exact) mass is 317 g/mol. The average molecular weight is 319 g/mol. The standard InChI is InChI=1S/C13H17BrClNO/c14-11-7-9(15)6-10(13(11)17)12(16)8-4-2-1-3-5-8/h6-8,12,17H,1-5,16H2/t12-/m1/s1. The number of hydrogen-bond acceptors (Lipinski definition) is 2. The molecule has 4 heteroatoms. The maximum atomic E-state index is 10.0. The van der Waals surface area contributed by atoms with Crippen LogP contribution in [0.3, 0.4) is 0 Å². The van der Waals surface area contributed by atoms with Gasteiger partial charge in [0.1, 0.15) is 5.75 Å². The van der Waals surface area contributed by atoms with Crippen molar-refractivity contribution in [1.29, 1.82) is 0 Å². The van der Waals surface area contributed by atoms with Crippen molar-refractivity contribution < 1.29 is 5.11 Å². The number of aromatic hydroxyl groups is 1. The van der Waals surface area contributed by atoms with Crippen LogP contribution < -0.4 is 5.73 Å². The molecule has 0 heterocycles. The van der Waals surface area contributed by atoms with Gasteiger partial charge in [0.25, 0.3) is 0 Å². The highest BCUT2D eigenvalue weighted by molar-refractivity contribution is 9.10. The summed E-state index contributed by atoms with van der Waals surface area (Å²) in [5.41, 5.74) is 7.03. The van der Waals surface area contributed by atoms with Crippen molar-refractivity contribution in [3.8, 4) is 5.75 Å². The van der Waals surface area contributed by atoms with Crippen molar-refractivity contribution in [2.75, 3.05) is 0 Å². The molecule has 2 rings (SSSR count). The van der Waals surface area contributed by atoms with Crippen LogP contribution in [-0.2, 0) is 0 Å². The first-order chi connectivity index (χ1) is 8.09. The van der Waals surface area contributed by atoms with Gasteiger partial charge in [-0.3, -0.25) is 0 Å². The Kier molecular flexibility index (Phi) is 4.34. The minimum Gasteiger partial charge on any atom is -0.506 e. The lowest BCUT2D eigenvalue weighted by Crippen LogP contribution is -2.23. The molecule has 94 valence electrons. The SMILES string of the molecule is N[C@@H](c1cc(Cl)cc(Br)c1O)C1CCCCC1. The molecule has 1 aliphatic carbocycles. The lowest BCUT2D eigenvalue weighted by molar-refractivity contribution is 0.303. The predicted molar refractivity (Wildman–Crippen MR) is 74.3 cm³/mol. The molecule has 0 saturated heterocycles. The summed E-state index contributed by atoms with van der Waals surface area (Å²) in [6.45, 7) is 0. The maximum Gasteiger partial charge on any atom is 0.134 e. The normalized spacial score (nSPS) is 19.2. The molecule has 3 N–H and O–H groups in total. The zero-order valence-corrected chi connectivity index (χ0v) is 12.0. The molecule has 2 nitrogen and oxygen atoms in total. The minimum absolute atomic E-state index is 0.120. The lowest BCUT2D eigenvalue weighted by Gasteiger charge is -2.28. The first-order valence-electron chi connectivity index (χ1n) is 6.03.